The average Bonchev–Trinajstić information content (AvgIpc) is 1.36. The Morgan fingerprint density at radius 3 is 1.00 bits per heavy atom. The van der Waals surface area contributed by atoms with Crippen molar-refractivity contribution in [3.05, 3.63) is 0 Å². The second-order valence-corrected chi connectivity index (χ2v) is 0.495. The van der Waals surface area contributed by atoms with Gasteiger partial charge in [0, 0.05) is 0 Å². The maximum absolute atomic E-state index is 9.75. The highest BCUT2D eigenvalue weighted by molar-refractivity contribution is 6.50. The Labute approximate surface area is 38.6 Å². The van der Waals surface area contributed by atoms with Crippen LogP contribution >= 0.6 is 0 Å². The standard InChI is InChI=1S/CH5N.BF4/c1-2;2-1(3,4)5/h2H2,1H3;/q;-1. The summed E-state index contributed by atoms with van der Waals surface area (Å²) < 4.78 is 39.0. The van der Waals surface area contributed by atoms with Crippen molar-refractivity contribution in [3.8, 4) is 0 Å². The molecule has 2 N–H and O–H groups in total. The van der Waals surface area contributed by atoms with Crippen molar-refractivity contribution < 1.29 is 17.3 Å². The van der Waals surface area contributed by atoms with Crippen molar-refractivity contribution in [2.24, 2.45) is 5.73 Å². The third-order valence-electron chi connectivity index (χ3n) is 0. The Kier molecular flexibility index (Phi) is 5.54. The Morgan fingerprint density at radius 2 is 1.00 bits per heavy atom. The van der Waals surface area contributed by atoms with Crippen molar-refractivity contribution in [2.45, 2.75) is 0 Å². The van der Waals surface area contributed by atoms with Gasteiger partial charge in [-0.25, -0.2) is 0 Å². The van der Waals surface area contributed by atoms with E-state index in [1.54, 1.807) is 0 Å². The highest BCUT2D eigenvalue weighted by Gasteiger charge is 2.20. The molecule has 0 saturated heterocycles. The van der Waals surface area contributed by atoms with Gasteiger partial charge in [-0.05, 0) is 7.05 Å². The van der Waals surface area contributed by atoms with E-state index in [4.69, 9.17) is 0 Å². The van der Waals surface area contributed by atoms with Crippen molar-refractivity contribution in [1.29, 1.82) is 0 Å². The fourth-order valence-corrected chi connectivity index (χ4v) is 0. The molecule has 0 bridgehead atoms. The number of nitrogens with two attached hydrogens (primary N) is 1. The summed E-state index contributed by atoms with van der Waals surface area (Å²) in [7, 11) is -4.50. The van der Waals surface area contributed by atoms with Crippen LogP contribution in [0, 0.1) is 0 Å². The van der Waals surface area contributed by atoms with E-state index in [0.29, 0.717) is 0 Å². The van der Waals surface area contributed by atoms with Gasteiger partial charge in [0.2, 0.25) is 0 Å². The first-order chi connectivity index (χ1) is 3.00. The van der Waals surface area contributed by atoms with Gasteiger partial charge < -0.3 is 23.0 Å². The second-order valence-electron chi connectivity index (χ2n) is 0.495. The van der Waals surface area contributed by atoms with E-state index in [-0.39, 0.29) is 0 Å². The summed E-state index contributed by atoms with van der Waals surface area (Å²) in [6.45, 7) is 0. The zero-order valence-electron chi connectivity index (χ0n) is 3.67. The molecule has 0 aromatic rings. The molecule has 0 aromatic heterocycles. The monoisotopic (exact) mass is 118 g/mol. The largest absolute Gasteiger partial charge is 0.673 e. The van der Waals surface area contributed by atoms with Crippen LogP contribution in [0.4, 0.5) is 17.3 Å². The first kappa shape index (κ1) is 9.89. The van der Waals surface area contributed by atoms with E-state index < -0.39 is 7.25 Å². The Balaban J connectivity index is 0. The van der Waals surface area contributed by atoms with Crippen LogP contribution < -0.4 is 5.73 Å². The van der Waals surface area contributed by atoms with Crippen LogP contribution in [-0.2, 0) is 0 Å². The van der Waals surface area contributed by atoms with Crippen LogP contribution in [-0.4, -0.2) is 14.3 Å². The van der Waals surface area contributed by atoms with Gasteiger partial charge in [-0.15, -0.1) is 0 Å². The molecule has 0 aliphatic heterocycles. The van der Waals surface area contributed by atoms with Crippen LogP contribution in [0.2, 0.25) is 0 Å². The first-order valence-electron chi connectivity index (χ1n) is 1.45. The van der Waals surface area contributed by atoms with Gasteiger partial charge >= 0.3 is 7.25 Å². The van der Waals surface area contributed by atoms with E-state index in [2.05, 4.69) is 5.73 Å². The quantitative estimate of drug-likeness (QED) is 0.370. The highest BCUT2D eigenvalue weighted by Crippen LogP contribution is 2.06. The minimum atomic E-state index is -6.00. The highest BCUT2D eigenvalue weighted by atomic mass is 19.5. The molecule has 6 heteroatoms. The Bertz CT molecular complexity index is 27.2. The van der Waals surface area contributed by atoms with Crippen molar-refractivity contribution in [2.75, 3.05) is 7.05 Å². The minimum Gasteiger partial charge on any atom is -0.418 e. The summed E-state index contributed by atoms with van der Waals surface area (Å²) in [4.78, 5) is 0. The first-order valence-corrected chi connectivity index (χ1v) is 1.45. The van der Waals surface area contributed by atoms with Gasteiger partial charge in [-0.2, -0.15) is 0 Å². The summed E-state index contributed by atoms with van der Waals surface area (Å²) in [5.41, 5.74) is 4.50. The summed E-state index contributed by atoms with van der Waals surface area (Å²) in [5, 5.41) is 0. The molecule has 0 atom stereocenters. The molecule has 0 unspecified atom stereocenters. The lowest BCUT2D eigenvalue weighted by molar-refractivity contribution is 0.368. The molecule has 0 aliphatic carbocycles. The van der Waals surface area contributed by atoms with E-state index in [9.17, 15) is 17.3 Å². The topological polar surface area (TPSA) is 26.0 Å². The van der Waals surface area contributed by atoms with Gasteiger partial charge in [-0.1, -0.05) is 0 Å². The van der Waals surface area contributed by atoms with Crippen LogP contribution in [0.15, 0.2) is 0 Å². The lowest BCUT2D eigenvalue weighted by atomic mass is 10.3. The molecule has 7 heavy (non-hydrogen) atoms. The molecule has 0 heterocycles. The molecule has 0 saturated carbocycles. The zero-order chi connectivity index (χ0) is 6.50. The molecular weight excluding hydrogens is 113 g/mol. The zero-order valence-corrected chi connectivity index (χ0v) is 3.67. The van der Waals surface area contributed by atoms with Crippen LogP contribution in [0.5, 0.6) is 0 Å². The van der Waals surface area contributed by atoms with Crippen molar-refractivity contribution in [1.82, 2.24) is 0 Å². The normalized spacial score (nSPS) is 9.43. The van der Waals surface area contributed by atoms with Gasteiger partial charge in [0.1, 0.15) is 0 Å². The minimum absolute atomic E-state index is 1.50. The Hall–Kier alpha value is -0.255. The van der Waals surface area contributed by atoms with Crippen molar-refractivity contribution in [3.63, 3.8) is 0 Å². The maximum atomic E-state index is 9.75. The molecule has 0 amide bonds. The van der Waals surface area contributed by atoms with E-state index in [1.807, 2.05) is 0 Å². The van der Waals surface area contributed by atoms with E-state index >= 15 is 0 Å². The van der Waals surface area contributed by atoms with Crippen molar-refractivity contribution >= 4 is 7.25 Å². The van der Waals surface area contributed by atoms with Gasteiger partial charge in [-0.3, -0.25) is 0 Å². The lowest BCUT2D eigenvalue weighted by Crippen LogP contribution is -2.02. The summed E-state index contributed by atoms with van der Waals surface area (Å²) in [5.74, 6) is 0. The maximum Gasteiger partial charge on any atom is 0.673 e. The summed E-state index contributed by atoms with van der Waals surface area (Å²) in [6.07, 6.45) is 0. The predicted molar refractivity (Wildman–Crippen MR) is 20.3 cm³/mol. The van der Waals surface area contributed by atoms with E-state index in [1.165, 1.54) is 7.05 Å². The number of hydrogen-bond acceptors (Lipinski definition) is 1. The summed E-state index contributed by atoms with van der Waals surface area (Å²) >= 11 is 0. The molecular formula is CH5BF4N-. The lowest BCUT2D eigenvalue weighted by Gasteiger charge is -1.94. The molecule has 0 spiro atoms. The molecule has 0 aromatic carbocycles. The predicted octanol–water partition coefficient (Wildman–Crippen LogP) is 0.875. The third kappa shape index (κ3) is 1240. The molecule has 0 aliphatic rings. The van der Waals surface area contributed by atoms with Crippen LogP contribution in [0.25, 0.3) is 0 Å². The number of halogens is 4. The molecule has 0 radical (unpaired) electrons. The molecule has 1 nitrogen and oxygen atoms in total. The SMILES string of the molecule is CN.F[B-](F)(F)F. The van der Waals surface area contributed by atoms with Gasteiger partial charge in [0.15, 0.2) is 0 Å². The molecule has 0 fully saturated rings. The van der Waals surface area contributed by atoms with Gasteiger partial charge in [0.25, 0.3) is 0 Å². The molecule has 46 valence electrons. The second kappa shape index (κ2) is 3.92. The van der Waals surface area contributed by atoms with Gasteiger partial charge in [0.05, 0.1) is 0 Å². The summed E-state index contributed by atoms with van der Waals surface area (Å²) in [6, 6.07) is 0. The van der Waals surface area contributed by atoms with Crippen LogP contribution in [0.3, 0.4) is 0 Å². The van der Waals surface area contributed by atoms with Crippen LogP contribution in [0.1, 0.15) is 0 Å². The smallest absolute Gasteiger partial charge is 0.418 e. The van der Waals surface area contributed by atoms with E-state index in [0.717, 1.165) is 0 Å². The number of rotatable bonds is 0. The third-order valence-corrected chi connectivity index (χ3v) is 0. The fraction of sp³-hybridized carbons (Fsp3) is 1.00. The average molecular weight is 118 g/mol. The number of hydrogen-bond donors (Lipinski definition) is 1. The molecule has 0 rings (SSSR count). The Morgan fingerprint density at radius 1 is 1.00 bits per heavy atom. The fourth-order valence-electron chi connectivity index (χ4n) is 0.